The second-order valence-electron chi connectivity index (χ2n) is 3.48. The van der Waals surface area contributed by atoms with Crippen molar-refractivity contribution in [1.29, 1.82) is 0 Å². The summed E-state index contributed by atoms with van der Waals surface area (Å²) in [5, 5.41) is 0. The Hall–Kier alpha value is -0.440. The molecule has 0 aliphatic carbocycles. The second kappa shape index (κ2) is 10.5. The highest BCUT2D eigenvalue weighted by atomic mass is 33.1. The van der Waals surface area contributed by atoms with E-state index in [2.05, 4.69) is 9.47 Å². The third kappa shape index (κ3) is 7.80. The van der Waals surface area contributed by atoms with Gasteiger partial charge in [-0.3, -0.25) is 9.59 Å². The van der Waals surface area contributed by atoms with Crippen LogP contribution in [0, 0.1) is 0 Å². The molecule has 8 heteroatoms. The van der Waals surface area contributed by atoms with E-state index in [9.17, 15) is 9.59 Å². The van der Waals surface area contributed by atoms with Gasteiger partial charge in [-0.05, 0) is 12.8 Å². The molecule has 0 fully saturated rings. The van der Waals surface area contributed by atoms with Crippen LogP contribution in [-0.2, 0) is 19.1 Å². The van der Waals surface area contributed by atoms with Gasteiger partial charge in [-0.1, -0.05) is 21.6 Å². The van der Waals surface area contributed by atoms with Crippen molar-refractivity contribution in [3.8, 4) is 0 Å². The van der Waals surface area contributed by atoms with E-state index in [1.54, 1.807) is 21.6 Å². The molecule has 0 aliphatic rings. The van der Waals surface area contributed by atoms with Crippen molar-refractivity contribution in [2.75, 3.05) is 25.7 Å². The van der Waals surface area contributed by atoms with Crippen molar-refractivity contribution < 1.29 is 19.1 Å². The number of nitrogens with two attached hydrogens (primary N) is 2. The zero-order valence-corrected chi connectivity index (χ0v) is 12.2. The molecule has 0 bridgehead atoms. The molecule has 0 rings (SSSR count). The van der Waals surface area contributed by atoms with E-state index in [0.717, 1.165) is 11.5 Å². The summed E-state index contributed by atoms with van der Waals surface area (Å²) in [6, 6.07) is -1.14. The highest BCUT2D eigenvalue weighted by molar-refractivity contribution is 8.76. The minimum atomic E-state index is -0.569. The van der Waals surface area contributed by atoms with Crippen LogP contribution in [0.5, 0.6) is 0 Å². The first kappa shape index (κ1) is 17.6. The predicted molar refractivity (Wildman–Crippen MR) is 74.1 cm³/mol. The highest BCUT2D eigenvalue weighted by Crippen LogP contribution is 2.23. The smallest absolute Gasteiger partial charge is 0.322 e. The van der Waals surface area contributed by atoms with Gasteiger partial charge in [-0.2, -0.15) is 0 Å². The number of hydrogen-bond donors (Lipinski definition) is 2. The Morgan fingerprint density at radius 3 is 1.56 bits per heavy atom. The van der Waals surface area contributed by atoms with Crippen LogP contribution in [0.2, 0.25) is 0 Å². The summed E-state index contributed by atoms with van der Waals surface area (Å²) in [4.78, 5) is 22.0. The maximum atomic E-state index is 11.0. The van der Waals surface area contributed by atoms with Crippen LogP contribution < -0.4 is 11.5 Å². The Kier molecular flexibility index (Phi) is 10.2. The van der Waals surface area contributed by atoms with Crippen molar-refractivity contribution in [2.45, 2.75) is 24.9 Å². The van der Waals surface area contributed by atoms with Crippen molar-refractivity contribution in [2.24, 2.45) is 11.5 Å². The largest absolute Gasteiger partial charge is 0.468 e. The third-order valence-electron chi connectivity index (χ3n) is 2.12. The lowest BCUT2D eigenvalue weighted by atomic mass is 10.2. The van der Waals surface area contributed by atoms with Gasteiger partial charge in [-0.15, -0.1) is 0 Å². The molecule has 0 radical (unpaired) electrons. The quantitative estimate of drug-likeness (QED) is 0.352. The molecule has 0 heterocycles. The molecule has 18 heavy (non-hydrogen) atoms. The van der Waals surface area contributed by atoms with Crippen LogP contribution in [0.1, 0.15) is 12.8 Å². The molecule has 6 nitrogen and oxygen atoms in total. The lowest BCUT2D eigenvalue weighted by molar-refractivity contribution is -0.143. The molecule has 106 valence electrons. The number of carbonyl (C=O) groups excluding carboxylic acids is 2. The van der Waals surface area contributed by atoms with Gasteiger partial charge < -0.3 is 20.9 Å². The van der Waals surface area contributed by atoms with Crippen LogP contribution in [0.25, 0.3) is 0 Å². The summed E-state index contributed by atoms with van der Waals surface area (Å²) >= 11 is 0. The number of esters is 2. The van der Waals surface area contributed by atoms with Gasteiger partial charge in [0.25, 0.3) is 0 Å². The zero-order valence-electron chi connectivity index (χ0n) is 10.6. The topological polar surface area (TPSA) is 105 Å². The Labute approximate surface area is 115 Å². The molecule has 0 spiro atoms. The van der Waals surface area contributed by atoms with Crippen molar-refractivity contribution in [3.63, 3.8) is 0 Å². The molecule has 0 amide bonds. The Balaban J connectivity index is 3.46. The summed E-state index contributed by atoms with van der Waals surface area (Å²) in [5.74, 6) is 0.699. The first-order valence-electron chi connectivity index (χ1n) is 5.44. The molecular weight excluding hydrogens is 276 g/mol. The molecule has 0 saturated heterocycles. The monoisotopic (exact) mass is 296 g/mol. The molecule has 0 aromatic heterocycles. The van der Waals surface area contributed by atoms with Gasteiger partial charge in [0.15, 0.2) is 0 Å². The van der Waals surface area contributed by atoms with Gasteiger partial charge in [0, 0.05) is 11.5 Å². The Morgan fingerprint density at radius 1 is 0.944 bits per heavy atom. The summed E-state index contributed by atoms with van der Waals surface area (Å²) in [7, 11) is 5.82. The maximum absolute atomic E-state index is 11.0. The van der Waals surface area contributed by atoms with E-state index in [1.807, 2.05) is 0 Å². The van der Waals surface area contributed by atoms with Gasteiger partial charge in [0.2, 0.25) is 0 Å². The SMILES string of the molecule is COC(=O)C(N)CCSSCCC(N)C(=O)OC. The average Bonchev–Trinajstić information content (AvgIpc) is 2.39. The fourth-order valence-corrected chi connectivity index (χ4v) is 3.23. The van der Waals surface area contributed by atoms with Crippen molar-refractivity contribution in [1.82, 2.24) is 0 Å². The lowest BCUT2D eigenvalue weighted by Crippen LogP contribution is -2.32. The first-order valence-corrected chi connectivity index (χ1v) is 7.93. The number of hydrogen-bond acceptors (Lipinski definition) is 8. The van der Waals surface area contributed by atoms with Gasteiger partial charge >= 0.3 is 11.9 Å². The van der Waals surface area contributed by atoms with Gasteiger partial charge in [-0.25, -0.2) is 0 Å². The van der Waals surface area contributed by atoms with E-state index < -0.39 is 24.0 Å². The maximum Gasteiger partial charge on any atom is 0.322 e. The molecule has 0 aliphatic heterocycles. The summed E-state index contributed by atoms with van der Waals surface area (Å²) in [6.07, 6.45) is 1.13. The van der Waals surface area contributed by atoms with Gasteiger partial charge in [0.1, 0.15) is 12.1 Å². The van der Waals surface area contributed by atoms with E-state index in [0.29, 0.717) is 12.8 Å². The highest BCUT2D eigenvalue weighted by Gasteiger charge is 2.14. The van der Waals surface area contributed by atoms with Crippen LogP contribution in [-0.4, -0.2) is 49.7 Å². The number of carbonyl (C=O) groups is 2. The molecule has 2 unspecified atom stereocenters. The standard InChI is InChI=1S/C10H20N2O4S2/c1-15-9(13)7(11)3-5-17-18-6-4-8(12)10(14)16-2/h7-8H,3-6,11-12H2,1-2H3. The van der Waals surface area contributed by atoms with E-state index in [-0.39, 0.29) is 0 Å². The minimum Gasteiger partial charge on any atom is -0.468 e. The fraction of sp³-hybridized carbons (Fsp3) is 0.800. The number of methoxy groups -OCH3 is 2. The van der Waals surface area contributed by atoms with Gasteiger partial charge in [0.05, 0.1) is 14.2 Å². The number of ether oxygens (including phenoxy) is 2. The number of rotatable bonds is 9. The van der Waals surface area contributed by atoms with E-state index in [4.69, 9.17) is 11.5 Å². The zero-order chi connectivity index (χ0) is 14.0. The third-order valence-corrected chi connectivity index (χ3v) is 4.59. The summed E-state index contributed by atoms with van der Waals surface area (Å²) in [5.41, 5.74) is 11.1. The Morgan fingerprint density at radius 2 is 1.28 bits per heavy atom. The molecule has 0 aromatic rings. The van der Waals surface area contributed by atoms with Crippen LogP contribution in [0.15, 0.2) is 0 Å². The fourth-order valence-electron chi connectivity index (χ4n) is 1.01. The lowest BCUT2D eigenvalue weighted by Gasteiger charge is -2.09. The van der Waals surface area contributed by atoms with E-state index in [1.165, 1.54) is 14.2 Å². The van der Waals surface area contributed by atoms with Crippen LogP contribution in [0.3, 0.4) is 0 Å². The minimum absolute atomic E-state index is 0.395. The van der Waals surface area contributed by atoms with Crippen LogP contribution in [0.4, 0.5) is 0 Å². The predicted octanol–water partition coefficient (Wildman–Crippen LogP) is 0.149. The normalized spacial score (nSPS) is 13.8. The second-order valence-corrected chi connectivity index (χ2v) is 6.18. The molecular formula is C10H20N2O4S2. The van der Waals surface area contributed by atoms with Crippen molar-refractivity contribution >= 4 is 33.5 Å². The van der Waals surface area contributed by atoms with Crippen molar-refractivity contribution in [3.05, 3.63) is 0 Å². The molecule has 0 aromatic carbocycles. The Bertz CT molecular complexity index is 240. The summed E-state index contributed by atoms with van der Waals surface area (Å²) in [6.45, 7) is 0. The molecule has 0 saturated carbocycles. The van der Waals surface area contributed by atoms with Crippen LogP contribution >= 0.6 is 21.6 Å². The summed E-state index contributed by atoms with van der Waals surface area (Å²) < 4.78 is 9.02. The average molecular weight is 296 g/mol. The molecule has 2 atom stereocenters. The first-order chi connectivity index (χ1) is 8.52. The van der Waals surface area contributed by atoms with E-state index >= 15 is 0 Å². The molecule has 4 N–H and O–H groups in total.